The van der Waals surface area contributed by atoms with Crippen LogP contribution in [0.15, 0.2) is 0 Å². The summed E-state index contributed by atoms with van der Waals surface area (Å²) in [5.74, 6) is -0.0161. The third kappa shape index (κ3) is 3.68. The zero-order valence-electron chi connectivity index (χ0n) is 9.32. The number of amides is 2. The smallest absolute Gasteiger partial charge is 0.240 e. The van der Waals surface area contributed by atoms with Crippen LogP contribution in [0.4, 0.5) is 0 Å². The number of hydrogen-bond acceptors (Lipinski definition) is 3. The summed E-state index contributed by atoms with van der Waals surface area (Å²) in [6.45, 7) is 1.47. The van der Waals surface area contributed by atoms with Crippen molar-refractivity contribution in [3.63, 3.8) is 0 Å². The monoisotopic (exact) mass is 235 g/mol. The predicted molar refractivity (Wildman–Crippen MR) is 60.0 cm³/mol. The standard InChI is InChI=1S/C9H17N3O2.ClH/c1-11(2)8(13)6-7-9(14)12(3)5-4-10-7;/h7,10H,4-6H2,1-3H3;1H. The van der Waals surface area contributed by atoms with Crippen LogP contribution in [0.1, 0.15) is 6.42 Å². The van der Waals surface area contributed by atoms with Crippen LogP contribution >= 0.6 is 12.4 Å². The maximum atomic E-state index is 11.6. The van der Waals surface area contributed by atoms with Crippen molar-refractivity contribution in [1.29, 1.82) is 0 Å². The minimum atomic E-state index is -0.344. The number of rotatable bonds is 2. The van der Waals surface area contributed by atoms with Crippen molar-refractivity contribution in [2.24, 2.45) is 0 Å². The minimum absolute atomic E-state index is 0. The fraction of sp³-hybridized carbons (Fsp3) is 0.778. The molecule has 2 amide bonds. The molecule has 6 heteroatoms. The van der Waals surface area contributed by atoms with Crippen molar-refractivity contribution in [3.05, 3.63) is 0 Å². The fourth-order valence-corrected chi connectivity index (χ4v) is 1.39. The summed E-state index contributed by atoms with van der Waals surface area (Å²) in [6, 6.07) is -0.344. The molecule has 0 aliphatic carbocycles. The molecule has 1 fully saturated rings. The van der Waals surface area contributed by atoms with Crippen LogP contribution in [0.5, 0.6) is 0 Å². The summed E-state index contributed by atoms with van der Waals surface area (Å²) in [6.07, 6.45) is 0.246. The van der Waals surface area contributed by atoms with Crippen molar-refractivity contribution in [2.75, 3.05) is 34.2 Å². The first kappa shape index (κ1) is 14.2. The van der Waals surface area contributed by atoms with Gasteiger partial charge in [-0.3, -0.25) is 9.59 Å². The Labute approximate surface area is 96.2 Å². The van der Waals surface area contributed by atoms with Crippen LogP contribution in [0.3, 0.4) is 0 Å². The molecule has 1 heterocycles. The summed E-state index contributed by atoms with van der Waals surface area (Å²) >= 11 is 0. The van der Waals surface area contributed by atoms with Gasteiger partial charge in [-0.25, -0.2) is 0 Å². The quantitative estimate of drug-likeness (QED) is 0.690. The van der Waals surface area contributed by atoms with Gasteiger partial charge < -0.3 is 15.1 Å². The molecule has 1 N–H and O–H groups in total. The summed E-state index contributed by atoms with van der Waals surface area (Å²) < 4.78 is 0. The van der Waals surface area contributed by atoms with Crippen molar-refractivity contribution in [1.82, 2.24) is 15.1 Å². The van der Waals surface area contributed by atoms with E-state index in [1.54, 1.807) is 26.0 Å². The number of halogens is 1. The van der Waals surface area contributed by atoms with Gasteiger partial charge in [-0.15, -0.1) is 12.4 Å². The van der Waals surface area contributed by atoms with Gasteiger partial charge in [0.15, 0.2) is 0 Å². The number of likely N-dealkylation sites (N-methyl/N-ethyl adjacent to an activating group) is 1. The highest BCUT2D eigenvalue weighted by Gasteiger charge is 2.28. The number of nitrogens with one attached hydrogen (secondary N) is 1. The Morgan fingerprint density at radius 1 is 1.60 bits per heavy atom. The summed E-state index contributed by atoms with van der Waals surface area (Å²) in [5, 5.41) is 3.05. The normalized spacial score (nSPS) is 20.9. The number of hydrogen-bond donors (Lipinski definition) is 1. The molecule has 15 heavy (non-hydrogen) atoms. The number of nitrogens with zero attached hydrogens (tertiary/aromatic N) is 2. The number of piperazine rings is 1. The second-order valence-electron chi connectivity index (χ2n) is 3.76. The highest BCUT2D eigenvalue weighted by atomic mass is 35.5. The molecule has 0 bridgehead atoms. The van der Waals surface area contributed by atoms with Crippen LogP contribution in [-0.2, 0) is 9.59 Å². The van der Waals surface area contributed by atoms with E-state index >= 15 is 0 Å². The van der Waals surface area contributed by atoms with Gasteiger partial charge in [0, 0.05) is 34.2 Å². The van der Waals surface area contributed by atoms with E-state index in [0.717, 1.165) is 6.54 Å². The molecule has 0 aromatic rings. The number of carbonyl (C=O) groups is 2. The molecule has 5 nitrogen and oxygen atoms in total. The Hall–Kier alpha value is -0.810. The lowest BCUT2D eigenvalue weighted by molar-refractivity contribution is -0.139. The van der Waals surface area contributed by atoms with Gasteiger partial charge in [-0.1, -0.05) is 0 Å². The molecule has 0 saturated carbocycles. The van der Waals surface area contributed by atoms with E-state index in [-0.39, 0.29) is 36.7 Å². The molecule has 1 aliphatic rings. The van der Waals surface area contributed by atoms with Gasteiger partial charge in [-0.05, 0) is 0 Å². The summed E-state index contributed by atoms with van der Waals surface area (Å²) in [7, 11) is 5.15. The largest absolute Gasteiger partial charge is 0.349 e. The Morgan fingerprint density at radius 3 is 2.73 bits per heavy atom. The molecule has 0 radical (unpaired) electrons. The van der Waals surface area contributed by atoms with Crippen molar-refractivity contribution in [3.8, 4) is 0 Å². The Balaban J connectivity index is 0.00000196. The van der Waals surface area contributed by atoms with Gasteiger partial charge in [0.05, 0.1) is 12.5 Å². The van der Waals surface area contributed by atoms with E-state index in [4.69, 9.17) is 0 Å². The lowest BCUT2D eigenvalue weighted by atomic mass is 10.1. The molecule has 1 unspecified atom stereocenters. The Morgan fingerprint density at radius 2 is 2.20 bits per heavy atom. The Bertz CT molecular complexity index is 246. The Kier molecular flexibility index (Phi) is 5.60. The average Bonchev–Trinajstić information content (AvgIpc) is 2.12. The first-order valence-corrected chi connectivity index (χ1v) is 4.71. The summed E-state index contributed by atoms with van der Waals surface area (Å²) in [5.41, 5.74) is 0. The van der Waals surface area contributed by atoms with Gasteiger partial charge in [0.25, 0.3) is 0 Å². The first-order valence-electron chi connectivity index (χ1n) is 4.71. The van der Waals surface area contributed by atoms with Crippen molar-refractivity contribution in [2.45, 2.75) is 12.5 Å². The maximum Gasteiger partial charge on any atom is 0.240 e. The molecular weight excluding hydrogens is 218 g/mol. The molecular formula is C9H18ClN3O2. The molecule has 1 saturated heterocycles. The third-order valence-electron chi connectivity index (χ3n) is 2.39. The zero-order valence-corrected chi connectivity index (χ0v) is 10.1. The van der Waals surface area contributed by atoms with E-state index in [0.29, 0.717) is 6.54 Å². The van der Waals surface area contributed by atoms with E-state index in [1.807, 2.05) is 0 Å². The second-order valence-corrected chi connectivity index (χ2v) is 3.76. The van der Waals surface area contributed by atoms with Crippen molar-refractivity contribution < 1.29 is 9.59 Å². The third-order valence-corrected chi connectivity index (χ3v) is 2.39. The van der Waals surface area contributed by atoms with E-state index < -0.39 is 0 Å². The van der Waals surface area contributed by atoms with Crippen LogP contribution in [0, 0.1) is 0 Å². The minimum Gasteiger partial charge on any atom is -0.349 e. The molecule has 1 aliphatic heterocycles. The fourth-order valence-electron chi connectivity index (χ4n) is 1.39. The van der Waals surface area contributed by atoms with E-state index in [2.05, 4.69) is 5.32 Å². The van der Waals surface area contributed by atoms with Crippen LogP contribution in [0.2, 0.25) is 0 Å². The second kappa shape index (κ2) is 5.92. The lowest BCUT2D eigenvalue weighted by Crippen LogP contribution is -2.54. The first-order chi connectivity index (χ1) is 6.52. The van der Waals surface area contributed by atoms with Gasteiger partial charge in [0.1, 0.15) is 0 Å². The van der Waals surface area contributed by atoms with Crippen LogP contribution < -0.4 is 5.32 Å². The molecule has 0 spiro atoms. The van der Waals surface area contributed by atoms with Gasteiger partial charge in [0.2, 0.25) is 11.8 Å². The van der Waals surface area contributed by atoms with Gasteiger partial charge >= 0.3 is 0 Å². The number of carbonyl (C=O) groups excluding carboxylic acids is 2. The molecule has 1 rings (SSSR count). The highest BCUT2D eigenvalue weighted by Crippen LogP contribution is 2.04. The maximum absolute atomic E-state index is 11.6. The molecule has 0 aromatic heterocycles. The SMILES string of the molecule is CN(C)C(=O)CC1NCCN(C)C1=O.Cl. The van der Waals surface area contributed by atoms with Crippen molar-refractivity contribution >= 4 is 24.2 Å². The molecule has 1 atom stereocenters. The topological polar surface area (TPSA) is 52.7 Å². The van der Waals surface area contributed by atoms with E-state index in [1.165, 1.54) is 4.90 Å². The highest BCUT2D eigenvalue weighted by molar-refractivity contribution is 5.88. The van der Waals surface area contributed by atoms with E-state index in [9.17, 15) is 9.59 Å². The molecule has 88 valence electrons. The van der Waals surface area contributed by atoms with Gasteiger partial charge in [-0.2, -0.15) is 0 Å². The lowest BCUT2D eigenvalue weighted by Gasteiger charge is -2.30. The molecule has 0 aromatic carbocycles. The van der Waals surface area contributed by atoms with Crippen LogP contribution in [0.25, 0.3) is 0 Å². The summed E-state index contributed by atoms with van der Waals surface area (Å²) in [4.78, 5) is 26.1. The average molecular weight is 236 g/mol. The van der Waals surface area contributed by atoms with Crippen LogP contribution in [-0.4, -0.2) is 61.9 Å². The predicted octanol–water partition coefficient (Wildman–Crippen LogP) is -0.683. The zero-order chi connectivity index (χ0) is 10.7.